The topological polar surface area (TPSA) is 175 Å². The lowest BCUT2D eigenvalue weighted by Crippen LogP contribution is -2.68. The first-order chi connectivity index (χ1) is 16.2. The molecule has 0 aliphatic carbocycles. The largest absolute Gasteiger partial charge is 0.481 e. The number of aliphatic hydroxyl groups is 1. The minimum absolute atomic E-state index is 0.00832. The van der Waals surface area contributed by atoms with E-state index in [1.807, 2.05) is 0 Å². The van der Waals surface area contributed by atoms with Gasteiger partial charge < -0.3 is 34.3 Å². The van der Waals surface area contributed by atoms with Crippen molar-refractivity contribution in [3.05, 3.63) is 0 Å². The van der Waals surface area contributed by atoms with Crippen LogP contribution in [0, 0.1) is 10.8 Å². The predicted octanol–water partition coefficient (Wildman–Crippen LogP) is 1.74. The Morgan fingerprint density at radius 1 is 0.944 bits per heavy atom. The molecule has 2 rings (SSSR count). The number of rotatable bonds is 11. The van der Waals surface area contributed by atoms with E-state index in [0.717, 1.165) is 6.26 Å². The maximum atomic E-state index is 13.4. The average molecular weight is 541 g/mol. The van der Waals surface area contributed by atoms with Crippen molar-refractivity contribution in [2.75, 3.05) is 19.5 Å². The second-order valence-corrected chi connectivity index (χ2v) is 12.7. The van der Waals surface area contributed by atoms with Crippen LogP contribution in [0.2, 0.25) is 0 Å². The summed E-state index contributed by atoms with van der Waals surface area (Å²) in [6.45, 7) is 8.94. The minimum Gasteiger partial charge on any atom is -0.481 e. The molecule has 2 aliphatic heterocycles. The molecular formula is C23H40O12S. The lowest BCUT2D eigenvalue weighted by molar-refractivity contribution is -0.367. The van der Waals surface area contributed by atoms with Crippen LogP contribution in [-0.4, -0.2) is 91.1 Å². The van der Waals surface area contributed by atoms with Crippen LogP contribution in [0.1, 0.15) is 67.2 Å². The van der Waals surface area contributed by atoms with Gasteiger partial charge in [-0.2, -0.15) is 8.42 Å². The molecule has 0 radical (unpaired) electrons. The SMILES string of the molecule is CC1(C)O[C@H](CO)C[C@H](C(C(=O)O)([C@H]2C[C@@H](COS(C)(=O)=O)OC(C)(C)O2)C(C)(C)CCC(=O)O)O1. The van der Waals surface area contributed by atoms with Crippen LogP contribution in [0.5, 0.6) is 0 Å². The summed E-state index contributed by atoms with van der Waals surface area (Å²) in [5, 5.41) is 30.2. The van der Waals surface area contributed by atoms with Gasteiger partial charge in [0.25, 0.3) is 10.1 Å². The van der Waals surface area contributed by atoms with E-state index in [2.05, 4.69) is 0 Å². The standard InChI is InChI=1S/C23H40O12S/c1-20(2,9-8-18(25)26)23(19(27)28,16-10-14(12-24)32-21(3,4)34-16)17-11-15(13-31-36(7,29)30)33-22(5,6)35-17/h14-17,24H,8-13H2,1-7H3,(H,25,26)(H,27,28)/t14-,15-,16+,17+,23?/m0/s1. The molecule has 0 bridgehead atoms. The zero-order valence-corrected chi connectivity index (χ0v) is 22.8. The number of aliphatic hydroxyl groups excluding tert-OH is 1. The van der Waals surface area contributed by atoms with Gasteiger partial charge in [-0.1, -0.05) is 13.8 Å². The Hall–Kier alpha value is -1.35. The summed E-state index contributed by atoms with van der Waals surface area (Å²) < 4.78 is 52.1. The molecule has 12 nitrogen and oxygen atoms in total. The van der Waals surface area contributed by atoms with Crippen LogP contribution in [0.15, 0.2) is 0 Å². The van der Waals surface area contributed by atoms with Crippen molar-refractivity contribution in [1.29, 1.82) is 0 Å². The molecule has 0 spiro atoms. The summed E-state index contributed by atoms with van der Waals surface area (Å²) in [5.41, 5.74) is -3.06. The van der Waals surface area contributed by atoms with Crippen LogP contribution < -0.4 is 0 Å². The van der Waals surface area contributed by atoms with Crippen molar-refractivity contribution >= 4 is 22.1 Å². The van der Waals surface area contributed by atoms with E-state index in [9.17, 15) is 33.3 Å². The maximum absolute atomic E-state index is 13.4. The van der Waals surface area contributed by atoms with E-state index in [1.54, 1.807) is 41.5 Å². The highest BCUT2D eigenvalue weighted by Gasteiger charge is 2.66. The van der Waals surface area contributed by atoms with Gasteiger partial charge in [0, 0.05) is 19.3 Å². The summed E-state index contributed by atoms with van der Waals surface area (Å²) in [7, 11) is -3.79. The van der Waals surface area contributed by atoms with Crippen molar-refractivity contribution in [1.82, 2.24) is 0 Å². The summed E-state index contributed by atoms with van der Waals surface area (Å²) in [5.74, 6) is -4.94. The zero-order chi connectivity index (χ0) is 27.7. The average Bonchev–Trinajstić information content (AvgIpc) is 2.68. The Labute approximate surface area is 212 Å². The highest BCUT2D eigenvalue weighted by atomic mass is 32.2. The lowest BCUT2D eigenvalue weighted by Gasteiger charge is -2.58. The molecule has 5 atom stereocenters. The predicted molar refractivity (Wildman–Crippen MR) is 125 cm³/mol. The van der Waals surface area contributed by atoms with Crippen molar-refractivity contribution in [3.63, 3.8) is 0 Å². The number of carbonyl (C=O) groups is 2. The molecule has 0 amide bonds. The van der Waals surface area contributed by atoms with E-state index >= 15 is 0 Å². The van der Waals surface area contributed by atoms with Gasteiger partial charge in [0.15, 0.2) is 11.6 Å². The zero-order valence-electron chi connectivity index (χ0n) is 22.0. The summed E-state index contributed by atoms with van der Waals surface area (Å²) in [6, 6.07) is 0. The molecule has 2 saturated heterocycles. The first-order valence-corrected chi connectivity index (χ1v) is 13.7. The highest BCUT2D eigenvalue weighted by molar-refractivity contribution is 7.85. The molecule has 0 aromatic carbocycles. The minimum atomic E-state index is -3.79. The van der Waals surface area contributed by atoms with Crippen molar-refractivity contribution in [3.8, 4) is 0 Å². The monoisotopic (exact) mass is 540 g/mol. The molecule has 0 aromatic rings. The maximum Gasteiger partial charge on any atom is 0.315 e. The second-order valence-electron chi connectivity index (χ2n) is 11.1. The summed E-state index contributed by atoms with van der Waals surface area (Å²) >= 11 is 0. The first kappa shape index (κ1) is 30.9. The summed E-state index contributed by atoms with van der Waals surface area (Å²) in [4.78, 5) is 24.8. The van der Waals surface area contributed by atoms with Gasteiger partial charge in [-0.15, -0.1) is 0 Å². The highest BCUT2D eigenvalue weighted by Crippen LogP contribution is 2.56. The molecule has 1 unspecified atom stereocenters. The van der Waals surface area contributed by atoms with E-state index in [0.29, 0.717) is 0 Å². The Morgan fingerprint density at radius 3 is 1.83 bits per heavy atom. The van der Waals surface area contributed by atoms with Crippen molar-refractivity contribution < 1.29 is 56.5 Å². The fraction of sp³-hybridized carbons (Fsp3) is 0.913. The summed E-state index contributed by atoms with van der Waals surface area (Å²) in [6.07, 6.45) is -3.21. The number of hydrogen-bond donors (Lipinski definition) is 3. The van der Waals surface area contributed by atoms with Crippen LogP contribution >= 0.6 is 0 Å². The van der Waals surface area contributed by atoms with Crippen LogP contribution in [-0.2, 0) is 42.8 Å². The van der Waals surface area contributed by atoms with E-state index in [-0.39, 0.29) is 38.9 Å². The number of ether oxygens (including phenoxy) is 4. The molecule has 3 N–H and O–H groups in total. The normalized spacial score (nSPS) is 30.3. The molecule has 13 heteroatoms. The molecule has 2 heterocycles. The quantitative estimate of drug-likeness (QED) is 0.324. The van der Waals surface area contributed by atoms with Gasteiger partial charge in [0.1, 0.15) is 5.41 Å². The van der Waals surface area contributed by atoms with Crippen molar-refractivity contribution in [2.45, 2.75) is 103 Å². The van der Waals surface area contributed by atoms with Crippen molar-refractivity contribution in [2.24, 2.45) is 10.8 Å². The second kappa shape index (κ2) is 10.8. The van der Waals surface area contributed by atoms with Crippen LogP contribution in [0.3, 0.4) is 0 Å². The Balaban J connectivity index is 2.66. The lowest BCUT2D eigenvalue weighted by atomic mass is 9.55. The fourth-order valence-corrected chi connectivity index (χ4v) is 5.85. The number of hydrogen-bond acceptors (Lipinski definition) is 10. The smallest absolute Gasteiger partial charge is 0.315 e. The van der Waals surface area contributed by atoms with Gasteiger partial charge in [-0.3, -0.25) is 13.8 Å². The third-order valence-corrected chi connectivity index (χ3v) is 7.40. The third-order valence-electron chi connectivity index (χ3n) is 6.83. The molecule has 2 aliphatic rings. The van der Waals surface area contributed by atoms with Gasteiger partial charge in [0.2, 0.25) is 0 Å². The first-order valence-electron chi connectivity index (χ1n) is 11.9. The molecule has 210 valence electrons. The van der Waals surface area contributed by atoms with Crippen LogP contribution in [0.25, 0.3) is 0 Å². The Kier molecular flexibility index (Phi) is 9.26. The number of aliphatic carboxylic acids is 2. The molecular weight excluding hydrogens is 500 g/mol. The van der Waals surface area contributed by atoms with Crippen LogP contribution in [0.4, 0.5) is 0 Å². The third kappa shape index (κ3) is 7.15. The van der Waals surface area contributed by atoms with Gasteiger partial charge in [-0.05, 0) is 39.5 Å². The van der Waals surface area contributed by atoms with Gasteiger partial charge in [-0.25, -0.2) is 0 Å². The van der Waals surface area contributed by atoms with E-state index in [4.69, 9.17) is 23.1 Å². The Morgan fingerprint density at radius 2 is 1.42 bits per heavy atom. The van der Waals surface area contributed by atoms with E-state index in [1.165, 1.54) is 0 Å². The van der Waals surface area contributed by atoms with E-state index < -0.39 is 68.9 Å². The molecule has 2 fully saturated rings. The number of carboxylic acid groups (broad SMARTS) is 2. The Bertz CT molecular complexity index is 912. The molecule has 36 heavy (non-hydrogen) atoms. The number of carboxylic acids is 2. The van der Waals surface area contributed by atoms with Gasteiger partial charge in [0.05, 0.1) is 43.9 Å². The fourth-order valence-electron chi connectivity index (χ4n) is 5.45. The molecule has 0 aromatic heterocycles. The molecule has 0 saturated carbocycles. The van der Waals surface area contributed by atoms with Gasteiger partial charge >= 0.3 is 11.9 Å².